The highest BCUT2D eigenvalue weighted by Crippen LogP contribution is 2.17. The van der Waals surface area contributed by atoms with Crippen molar-refractivity contribution in [2.45, 2.75) is 38.6 Å². The summed E-state index contributed by atoms with van der Waals surface area (Å²) in [4.78, 5) is 36.3. The fraction of sp³-hybridized carbons (Fsp3) is 0.786. The number of esters is 1. The summed E-state index contributed by atoms with van der Waals surface area (Å²) in [5.41, 5.74) is 0. The molecule has 1 unspecified atom stereocenters. The summed E-state index contributed by atoms with van der Waals surface area (Å²) in [6.07, 6.45) is 4.18. The Morgan fingerprint density at radius 1 is 1.29 bits per heavy atom. The lowest BCUT2D eigenvalue weighted by molar-refractivity contribution is -0.145. The van der Waals surface area contributed by atoms with Gasteiger partial charge in [0.25, 0.3) is 0 Å². The fourth-order valence-electron chi connectivity index (χ4n) is 2.51. The normalized spacial score (nSPS) is 16.6. The Bertz CT molecular complexity index is 380. The van der Waals surface area contributed by atoms with E-state index in [1.165, 1.54) is 7.11 Å². The van der Waals surface area contributed by atoms with Crippen LogP contribution < -0.4 is 10.6 Å². The summed E-state index contributed by atoms with van der Waals surface area (Å²) in [6, 6.07) is -0.267. The molecule has 0 bridgehead atoms. The van der Waals surface area contributed by atoms with E-state index in [2.05, 4.69) is 15.4 Å². The van der Waals surface area contributed by atoms with Crippen LogP contribution in [0.25, 0.3) is 0 Å². The van der Waals surface area contributed by atoms with Crippen molar-refractivity contribution >= 4 is 17.9 Å². The highest BCUT2D eigenvalue weighted by atomic mass is 16.5. The van der Waals surface area contributed by atoms with Crippen LogP contribution in [-0.4, -0.2) is 56.1 Å². The number of imide groups is 1. The van der Waals surface area contributed by atoms with Crippen molar-refractivity contribution < 1.29 is 19.1 Å². The first-order valence-corrected chi connectivity index (χ1v) is 7.29. The number of hydrogen-bond donors (Lipinski definition) is 2. The minimum Gasteiger partial charge on any atom is -0.469 e. The number of ether oxygens (including phenoxy) is 1. The predicted molar refractivity (Wildman–Crippen MR) is 77.6 cm³/mol. The second-order valence-corrected chi connectivity index (χ2v) is 5.62. The lowest BCUT2D eigenvalue weighted by Gasteiger charge is -2.19. The Morgan fingerprint density at radius 2 is 1.90 bits per heavy atom. The van der Waals surface area contributed by atoms with Crippen LogP contribution in [0, 0.1) is 5.92 Å². The van der Waals surface area contributed by atoms with Crippen LogP contribution in [-0.2, 0) is 14.3 Å². The van der Waals surface area contributed by atoms with E-state index in [-0.39, 0.29) is 30.4 Å². The van der Waals surface area contributed by atoms with E-state index in [0.29, 0.717) is 6.54 Å². The number of hydrogen-bond acceptors (Lipinski definition) is 5. The van der Waals surface area contributed by atoms with Crippen LogP contribution >= 0.6 is 0 Å². The number of methoxy groups -OCH3 is 1. The topological polar surface area (TPSA) is 87.7 Å². The molecule has 7 nitrogen and oxygen atoms in total. The summed E-state index contributed by atoms with van der Waals surface area (Å²) in [6.45, 7) is 2.18. The summed E-state index contributed by atoms with van der Waals surface area (Å²) < 4.78 is 4.63. The highest BCUT2D eigenvalue weighted by molar-refractivity contribution is 5.95. The van der Waals surface area contributed by atoms with Gasteiger partial charge in [-0.25, -0.2) is 4.79 Å². The smallest absolute Gasteiger partial charge is 0.321 e. The van der Waals surface area contributed by atoms with E-state index in [4.69, 9.17) is 0 Å². The Balaban J connectivity index is 2.25. The molecular weight excluding hydrogens is 274 g/mol. The largest absolute Gasteiger partial charge is 0.469 e. The van der Waals surface area contributed by atoms with Crippen molar-refractivity contribution in [1.29, 1.82) is 0 Å². The van der Waals surface area contributed by atoms with E-state index in [0.717, 1.165) is 25.7 Å². The first-order chi connectivity index (χ1) is 9.92. The Kier molecular flexibility index (Phi) is 7.14. The molecule has 21 heavy (non-hydrogen) atoms. The zero-order valence-corrected chi connectivity index (χ0v) is 13.0. The molecule has 1 fully saturated rings. The maximum absolute atomic E-state index is 11.7. The number of rotatable bonds is 6. The average molecular weight is 299 g/mol. The number of amides is 3. The third-order valence-corrected chi connectivity index (χ3v) is 3.55. The van der Waals surface area contributed by atoms with Crippen LogP contribution in [0.2, 0.25) is 0 Å². The van der Waals surface area contributed by atoms with Gasteiger partial charge in [-0.05, 0) is 19.9 Å². The van der Waals surface area contributed by atoms with E-state index in [1.807, 2.05) is 0 Å². The second-order valence-electron chi connectivity index (χ2n) is 5.62. The molecule has 0 aromatic heterocycles. The van der Waals surface area contributed by atoms with Gasteiger partial charge in [-0.1, -0.05) is 19.8 Å². The van der Waals surface area contributed by atoms with Crippen molar-refractivity contribution in [2.75, 3.05) is 27.2 Å². The molecule has 0 radical (unpaired) electrons. The van der Waals surface area contributed by atoms with Crippen molar-refractivity contribution in [2.24, 2.45) is 5.92 Å². The number of nitrogens with zero attached hydrogens (tertiary/aromatic N) is 1. The van der Waals surface area contributed by atoms with Gasteiger partial charge in [-0.3, -0.25) is 19.8 Å². The van der Waals surface area contributed by atoms with Crippen LogP contribution in [0.1, 0.15) is 32.6 Å². The van der Waals surface area contributed by atoms with Crippen molar-refractivity contribution in [3.63, 3.8) is 0 Å². The van der Waals surface area contributed by atoms with Crippen LogP contribution in [0.15, 0.2) is 0 Å². The average Bonchev–Trinajstić information content (AvgIpc) is 2.89. The van der Waals surface area contributed by atoms with Gasteiger partial charge < -0.3 is 10.1 Å². The first-order valence-electron chi connectivity index (χ1n) is 7.29. The molecule has 0 heterocycles. The van der Waals surface area contributed by atoms with Crippen molar-refractivity contribution in [1.82, 2.24) is 15.5 Å². The van der Waals surface area contributed by atoms with Gasteiger partial charge in [-0.15, -0.1) is 0 Å². The zero-order valence-electron chi connectivity index (χ0n) is 13.0. The molecule has 1 saturated carbocycles. The predicted octanol–water partition coefficient (Wildman–Crippen LogP) is 0.496. The molecule has 0 aromatic rings. The van der Waals surface area contributed by atoms with Gasteiger partial charge in [0.15, 0.2) is 0 Å². The molecule has 0 saturated heterocycles. The van der Waals surface area contributed by atoms with Crippen LogP contribution in [0.5, 0.6) is 0 Å². The van der Waals surface area contributed by atoms with Crippen LogP contribution in [0.4, 0.5) is 4.79 Å². The lowest BCUT2D eigenvalue weighted by Crippen LogP contribution is -2.47. The Morgan fingerprint density at radius 3 is 2.48 bits per heavy atom. The van der Waals surface area contributed by atoms with Crippen molar-refractivity contribution in [3.05, 3.63) is 0 Å². The zero-order chi connectivity index (χ0) is 15.8. The van der Waals surface area contributed by atoms with Crippen molar-refractivity contribution in [3.8, 4) is 0 Å². The van der Waals surface area contributed by atoms with E-state index in [9.17, 15) is 14.4 Å². The third kappa shape index (κ3) is 6.57. The molecule has 120 valence electrons. The number of nitrogens with one attached hydrogen (secondary N) is 2. The molecule has 0 spiro atoms. The van der Waals surface area contributed by atoms with Gasteiger partial charge in [0, 0.05) is 12.6 Å². The number of carbonyl (C=O) groups excluding carboxylic acids is 3. The molecule has 1 aliphatic rings. The van der Waals surface area contributed by atoms with Gasteiger partial charge in [0.1, 0.15) is 0 Å². The molecule has 3 amide bonds. The van der Waals surface area contributed by atoms with E-state index < -0.39 is 6.03 Å². The number of likely N-dealkylation sites (N-methyl/N-ethyl adjacent to an activating group) is 1. The van der Waals surface area contributed by atoms with E-state index >= 15 is 0 Å². The molecule has 2 N–H and O–H groups in total. The third-order valence-electron chi connectivity index (χ3n) is 3.55. The van der Waals surface area contributed by atoms with Gasteiger partial charge in [0.2, 0.25) is 5.91 Å². The Labute approximate surface area is 125 Å². The molecule has 1 atom stereocenters. The minimum atomic E-state index is -0.443. The SMILES string of the molecule is COC(=O)C(C)CN(C)CC(=O)NC(=O)NC1CCCC1. The number of urea groups is 1. The lowest BCUT2D eigenvalue weighted by atomic mass is 10.2. The molecular formula is C14H25N3O4. The quantitative estimate of drug-likeness (QED) is 0.697. The van der Waals surface area contributed by atoms with Gasteiger partial charge in [0.05, 0.1) is 19.6 Å². The molecule has 7 heteroatoms. The molecule has 0 aromatic carbocycles. The highest BCUT2D eigenvalue weighted by Gasteiger charge is 2.20. The first kappa shape index (κ1) is 17.4. The molecule has 1 rings (SSSR count). The monoisotopic (exact) mass is 299 g/mol. The summed E-state index contributed by atoms with van der Waals surface area (Å²) in [5, 5.41) is 5.09. The summed E-state index contributed by atoms with van der Waals surface area (Å²) >= 11 is 0. The Hall–Kier alpha value is -1.63. The minimum absolute atomic E-state index is 0.0550. The van der Waals surface area contributed by atoms with Crippen LogP contribution in [0.3, 0.4) is 0 Å². The van der Waals surface area contributed by atoms with Gasteiger partial charge in [-0.2, -0.15) is 0 Å². The maximum atomic E-state index is 11.7. The number of carbonyl (C=O) groups is 3. The van der Waals surface area contributed by atoms with Gasteiger partial charge >= 0.3 is 12.0 Å². The second kappa shape index (κ2) is 8.61. The summed E-state index contributed by atoms with van der Waals surface area (Å²) in [5.74, 6) is -1.02. The molecule has 1 aliphatic carbocycles. The van der Waals surface area contributed by atoms with E-state index in [1.54, 1.807) is 18.9 Å². The summed E-state index contributed by atoms with van der Waals surface area (Å²) in [7, 11) is 3.05. The standard InChI is InChI=1S/C14H25N3O4/c1-10(13(19)21-3)8-17(2)9-12(18)16-14(20)15-11-6-4-5-7-11/h10-11H,4-9H2,1-3H3,(H2,15,16,18,20). The fourth-order valence-corrected chi connectivity index (χ4v) is 2.51. The maximum Gasteiger partial charge on any atom is 0.321 e. The molecule has 0 aliphatic heterocycles.